The molecule has 0 atom stereocenters. The van der Waals surface area contributed by atoms with Crippen LogP contribution in [-0.4, -0.2) is 23.6 Å². The van der Waals surface area contributed by atoms with E-state index in [-0.39, 0.29) is 0 Å². The first-order valence-electron chi connectivity index (χ1n) is 7.09. The van der Waals surface area contributed by atoms with Crippen molar-refractivity contribution in [1.82, 2.24) is 15.3 Å². The van der Waals surface area contributed by atoms with Crippen LogP contribution in [0.4, 0.5) is 0 Å². The Balaban J connectivity index is 1.95. The van der Waals surface area contributed by atoms with Crippen molar-refractivity contribution in [2.24, 2.45) is 0 Å². The van der Waals surface area contributed by atoms with Crippen LogP contribution in [0, 0.1) is 0 Å². The molecule has 1 aromatic heterocycles. The zero-order chi connectivity index (χ0) is 14.9. The van der Waals surface area contributed by atoms with Gasteiger partial charge in [-0.15, -0.1) is 0 Å². The van der Waals surface area contributed by atoms with Crippen LogP contribution in [-0.2, 0) is 17.9 Å². The van der Waals surface area contributed by atoms with Gasteiger partial charge in [0.15, 0.2) is 0 Å². The van der Waals surface area contributed by atoms with Crippen LogP contribution in [0.2, 0.25) is 0 Å². The minimum Gasteiger partial charge on any atom is -0.437 e. The fraction of sp³-hybridized carbons (Fsp3) is 0.375. The second-order valence-electron chi connectivity index (χ2n) is 4.71. The average molecular weight is 287 g/mol. The third-order valence-electron chi connectivity index (χ3n) is 2.85. The molecule has 0 bridgehead atoms. The maximum Gasteiger partial charge on any atom is 0.237 e. The van der Waals surface area contributed by atoms with E-state index in [0.717, 1.165) is 36.5 Å². The maximum atomic E-state index is 5.70. The highest BCUT2D eigenvalue weighted by atomic mass is 16.5. The van der Waals surface area contributed by atoms with E-state index in [0.29, 0.717) is 12.5 Å². The fourth-order valence-electron chi connectivity index (χ4n) is 1.87. The number of rotatable bonds is 8. The van der Waals surface area contributed by atoms with Crippen LogP contribution in [0.3, 0.4) is 0 Å². The van der Waals surface area contributed by atoms with Crippen LogP contribution in [0.15, 0.2) is 36.7 Å². The lowest BCUT2D eigenvalue weighted by atomic mass is 10.2. The lowest BCUT2D eigenvalue weighted by Gasteiger charge is -2.07. The molecule has 0 saturated heterocycles. The van der Waals surface area contributed by atoms with E-state index in [1.165, 1.54) is 0 Å². The van der Waals surface area contributed by atoms with Crippen molar-refractivity contribution < 1.29 is 9.47 Å². The minimum absolute atomic E-state index is 0.490. The van der Waals surface area contributed by atoms with Gasteiger partial charge in [0.1, 0.15) is 5.75 Å². The molecule has 112 valence electrons. The Bertz CT molecular complexity index is 543. The van der Waals surface area contributed by atoms with Gasteiger partial charge in [-0.2, -0.15) is 0 Å². The van der Waals surface area contributed by atoms with Gasteiger partial charge in [0.05, 0.1) is 24.7 Å². The number of aromatic nitrogens is 2. The first kappa shape index (κ1) is 15.4. The second kappa shape index (κ2) is 8.34. The lowest BCUT2D eigenvalue weighted by molar-refractivity contribution is 0.184. The molecule has 21 heavy (non-hydrogen) atoms. The molecular formula is C16H21N3O2. The summed E-state index contributed by atoms with van der Waals surface area (Å²) in [6, 6.07) is 7.74. The molecule has 2 rings (SSSR count). The second-order valence-corrected chi connectivity index (χ2v) is 4.71. The summed E-state index contributed by atoms with van der Waals surface area (Å²) < 4.78 is 10.8. The molecule has 5 heteroatoms. The first-order valence-corrected chi connectivity index (χ1v) is 7.09. The summed E-state index contributed by atoms with van der Waals surface area (Å²) in [5.41, 5.74) is 1.97. The van der Waals surface area contributed by atoms with Gasteiger partial charge < -0.3 is 14.8 Å². The molecule has 0 radical (unpaired) electrons. The predicted octanol–water partition coefficient (Wildman–Crippen LogP) is 2.91. The highest BCUT2D eigenvalue weighted by Gasteiger charge is 2.02. The van der Waals surface area contributed by atoms with Gasteiger partial charge in [-0.1, -0.05) is 19.1 Å². The topological polar surface area (TPSA) is 56.3 Å². The van der Waals surface area contributed by atoms with E-state index >= 15 is 0 Å². The monoisotopic (exact) mass is 287 g/mol. The summed E-state index contributed by atoms with van der Waals surface area (Å²) in [4.78, 5) is 8.60. The van der Waals surface area contributed by atoms with E-state index in [2.05, 4.69) is 22.2 Å². The molecule has 5 nitrogen and oxygen atoms in total. The molecule has 1 N–H and O–H groups in total. The normalized spacial score (nSPS) is 10.6. The largest absolute Gasteiger partial charge is 0.437 e. The smallest absolute Gasteiger partial charge is 0.237 e. The van der Waals surface area contributed by atoms with Gasteiger partial charge in [-0.25, -0.2) is 4.98 Å². The first-order chi connectivity index (χ1) is 10.3. The van der Waals surface area contributed by atoms with Crippen molar-refractivity contribution in [1.29, 1.82) is 0 Å². The van der Waals surface area contributed by atoms with E-state index in [9.17, 15) is 0 Å². The zero-order valence-corrected chi connectivity index (χ0v) is 12.5. The van der Waals surface area contributed by atoms with Gasteiger partial charge in [-0.05, 0) is 30.7 Å². The molecule has 0 spiro atoms. The van der Waals surface area contributed by atoms with Gasteiger partial charge in [0.25, 0.3) is 0 Å². The standard InChI is InChI=1S/C16H21N3O2/c1-3-7-17-9-14-10-19-16(11-18-14)21-15-6-4-5-13(8-15)12-20-2/h4-6,8,10-11,17H,3,7,9,12H2,1-2H3. The molecule has 0 saturated carbocycles. The van der Waals surface area contributed by atoms with Crippen molar-refractivity contribution >= 4 is 0 Å². The van der Waals surface area contributed by atoms with Gasteiger partial charge in [0.2, 0.25) is 5.88 Å². The average Bonchev–Trinajstić information content (AvgIpc) is 2.50. The summed E-state index contributed by atoms with van der Waals surface area (Å²) in [5.74, 6) is 1.22. The highest BCUT2D eigenvalue weighted by Crippen LogP contribution is 2.20. The van der Waals surface area contributed by atoms with Crippen molar-refractivity contribution in [3.63, 3.8) is 0 Å². The Morgan fingerprint density at radius 3 is 2.81 bits per heavy atom. The molecular weight excluding hydrogens is 266 g/mol. The lowest BCUT2D eigenvalue weighted by Crippen LogP contribution is -2.14. The Labute approximate surface area is 125 Å². The molecule has 1 heterocycles. The van der Waals surface area contributed by atoms with Crippen LogP contribution in [0.25, 0.3) is 0 Å². The number of ether oxygens (including phenoxy) is 2. The Morgan fingerprint density at radius 1 is 1.19 bits per heavy atom. The zero-order valence-electron chi connectivity index (χ0n) is 12.5. The quantitative estimate of drug-likeness (QED) is 0.757. The maximum absolute atomic E-state index is 5.70. The fourth-order valence-corrected chi connectivity index (χ4v) is 1.87. The number of nitrogens with one attached hydrogen (secondary N) is 1. The minimum atomic E-state index is 0.490. The van der Waals surface area contributed by atoms with E-state index in [1.807, 2.05) is 24.3 Å². The van der Waals surface area contributed by atoms with Crippen molar-refractivity contribution in [2.45, 2.75) is 26.5 Å². The summed E-state index contributed by atoms with van der Waals surface area (Å²) in [6.45, 7) is 4.40. The van der Waals surface area contributed by atoms with Crippen molar-refractivity contribution in [3.05, 3.63) is 47.9 Å². The van der Waals surface area contributed by atoms with Gasteiger partial charge in [-0.3, -0.25) is 4.98 Å². The Hall–Kier alpha value is -1.98. The predicted molar refractivity (Wildman–Crippen MR) is 81.3 cm³/mol. The molecule has 0 aliphatic heterocycles. The Morgan fingerprint density at radius 2 is 2.10 bits per heavy atom. The third-order valence-corrected chi connectivity index (χ3v) is 2.85. The van der Waals surface area contributed by atoms with Crippen molar-refractivity contribution in [3.8, 4) is 11.6 Å². The number of hydrogen-bond acceptors (Lipinski definition) is 5. The van der Waals surface area contributed by atoms with Gasteiger partial charge >= 0.3 is 0 Å². The summed E-state index contributed by atoms with van der Waals surface area (Å²) in [7, 11) is 1.67. The van der Waals surface area contributed by atoms with E-state index in [1.54, 1.807) is 19.5 Å². The third kappa shape index (κ3) is 5.13. The van der Waals surface area contributed by atoms with E-state index in [4.69, 9.17) is 9.47 Å². The number of nitrogens with zero attached hydrogens (tertiary/aromatic N) is 2. The van der Waals surface area contributed by atoms with Crippen LogP contribution >= 0.6 is 0 Å². The SMILES string of the molecule is CCCNCc1cnc(Oc2cccc(COC)c2)cn1. The molecule has 0 aliphatic carbocycles. The molecule has 0 amide bonds. The Kier molecular flexibility index (Phi) is 6.12. The molecule has 1 aromatic carbocycles. The molecule has 2 aromatic rings. The summed E-state index contributed by atoms with van der Waals surface area (Å²) >= 11 is 0. The molecule has 0 fully saturated rings. The summed E-state index contributed by atoms with van der Waals surface area (Å²) in [6.07, 6.45) is 4.48. The number of hydrogen-bond donors (Lipinski definition) is 1. The number of methoxy groups -OCH3 is 1. The van der Waals surface area contributed by atoms with Crippen LogP contribution in [0.1, 0.15) is 24.6 Å². The van der Waals surface area contributed by atoms with E-state index < -0.39 is 0 Å². The van der Waals surface area contributed by atoms with Crippen molar-refractivity contribution in [2.75, 3.05) is 13.7 Å². The number of benzene rings is 1. The highest BCUT2D eigenvalue weighted by molar-refractivity contribution is 5.30. The summed E-state index contributed by atoms with van der Waals surface area (Å²) in [5, 5.41) is 3.28. The molecule has 0 unspecified atom stereocenters. The van der Waals surface area contributed by atoms with Crippen LogP contribution < -0.4 is 10.1 Å². The van der Waals surface area contributed by atoms with Gasteiger partial charge in [0, 0.05) is 13.7 Å². The molecule has 0 aliphatic rings. The van der Waals surface area contributed by atoms with Crippen LogP contribution in [0.5, 0.6) is 11.6 Å².